The molecule has 0 fully saturated rings. The molecule has 2 N–H and O–H groups in total. The predicted molar refractivity (Wildman–Crippen MR) is 75.8 cm³/mol. The third-order valence-corrected chi connectivity index (χ3v) is 2.79. The van der Waals surface area contributed by atoms with Crippen LogP contribution in [0.3, 0.4) is 0 Å². The summed E-state index contributed by atoms with van der Waals surface area (Å²) in [6.07, 6.45) is 1.81. The van der Waals surface area contributed by atoms with Crippen LogP contribution >= 0.6 is 0 Å². The molecule has 102 valence electrons. The minimum absolute atomic E-state index is 0.156. The summed E-state index contributed by atoms with van der Waals surface area (Å²) in [5.41, 5.74) is 1.19. The van der Waals surface area contributed by atoms with E-state index in [1.807, 2.05) is 6.07 Å². The maximum absolute atomic E-state index is 9.08. The molecule has 0 atom stereocenters. The van der Waals surface area contributed by atoms with Crippen molar-refractivity contribution in [2.24, 2.45) is 5.92 Å². The molecule has 0 aliphatic carbocycles. The van der Waals surface area contributed by atoms with E-state index in [0.717, 1.165) is 25.5 Å². The number of aliphatic hydroxyl groups is 1. The predicted octanol–water partition coefficient (Wildman–Crippen LogP) is 1.65. The molecule has 4 nitrogen and oxygen atoms in total. The van der Waals surface area contributed by atoms with E-state index in [-0.39, 0.29) is 6.61 Å². The highest BCUT2D eigenvalue weighted by Crippen LogP contribution is 2.16. The van der Waals surface area contributed by atoms with Gasteiger partial charge in [0.25, 0.3) is 0 Å². The van der Waals surface area contributed by atoms with E-state index in [4.69, 9.17) is 5.11 Å². The fraction of sp³-hybridized carbons (Fsp3) is 0.643. The van der Waals surface area contributed by atoms with Gasteiger partial charge >= 0.3 is 0 Å². The number of likely N-dealkylation sites (N-methyl/N-ethyl adjacent to an activating group) is 1. The van der Waals surface area contributed by atoms with E-state index in [2.05, 4.69) is 42.0 Å². The summed E-state index contributed by atoms with van der Waals surface area (Å²) in [6.45, 7) is 9.94. The number of pyridine rings is 1. The third kappa shape index (κ3) is 4.63. The zero-order chi connectivity index (χ0) is 13.4. The van der Waals surface area contributed by atoms with Crippen LogP contribution in [0.25, 0.3) is 0 Å². The zero-order valence-corrected chi connectivity index (χ0v) is 11.7. The molecule has 0 unspecified atom stereocenters. The highest BCUT2D eigenvalue weighted by molar-refractivity contribution is 5.46. The van der Waals surface area contributed by atoms with Gasteiger partial charge in [0.05, 0.1) is 6.61 Å². The minimum atomic E-state index is 0.156. The monoisotopic (exact) mass is 251 g/mol. The second-order valence-electron chi connectivity index (χ2n) is 4.81. The first-order valence-corrected chi connectivity index (χ1v) is 6.69. The van der Waals surface area contributed by atoms with Crippen molar-refractivity contribution in [2.75, 3.05) is 31.1 Å². The van der Waals surface area contributed by atoms with Crippen LogP contribution in [0.2, 0.25) is 0 Å². The summed E-state index contributed by atoms with van der Waals surface area (Å²) < 4.78 is 0. The maximum atomic E-state index is 9.08. The van der Waals surface area contributed by atoms with Gasteiger partial charge in [-0.3, -0.25) is 0 Å². The van der Waals surface area contributed by atoms with Crippen LogP contribution in [0, 0.1) is 5.92 Å². The van der Waals surface area contributed by atoms with Crippen LogP contribution in [-0.2, 0) is 6.54 Å². The summed E-state index contributed by atoms with van der Waals surface area (Å²) >= 11 is 0. The number of aliphatic hydroxyl groups excluding tert-OH is 1. The molecule has 18 heavy (non-hydrogen) atoms. The van der Waals surface area contributed by atoms with Gasteiger partial charge in [-0.25, -0.2) is 4.98 Å². The molecule has 0 saturated carbocycles. The molecule has 0 saturated heterocycles. The van der Waals surface area contributed by atoms with Crippen molar-refractivity contribution in [1.82, 2.24) is 10.3 Å². The van der Waals surface area contributed by atoms with Crippen molar-refractivity contribution < 1.29 is 5.11 Å². The third-order valence-electron chi connectivity index (χ3n) is 2.79. The van der Waals surface area contributed by atoms with E-state index in [1.165, 1.54) is 5.56 Å². The second-order valence-corrected chi connectivity index (χ2v) is 4.81. The molecule has 1 aromatic heterocycles. The van der Waals surface area contributed by atoms with Crippen LogP contribution in [0.4, 0.5) is 5.82 Å². The van der Waals surface area contributed by atoms with Crippen molar-refractivity contribution in [2.45, 2.75) is 27.3 Å². The van der Waals surface area contributed by atoms with Gasteiger partial charge in [0.15, 0.2) is 0 Å². The Bertz CT molecular complexity index is 342. The molecule has 0 bridgehead atoms. The molecule has 0 aliphatic heterocycles. The number of hydrogen-bond donors (Lipinski definition) is 2. The molecule has 1 rings (SSSR count). The summed E-state index contributed by atoms with van der Waals surface area (Å²) in [5, 5.41) is 12.5. The van der Waals surface area contributed by atoms with Crippen molar-refractivity contribution in [3.05, 3.63) is 23.9 Å². The SMILES string of the molecule is CCN(CCO)c1ncccc1CNCC(C)C. The lowest BCUT2D eigenvalue weighted by Gasteiger charge is -2.23. The Kier molecular flexibility index (Phi) is 6.68. The molecule has 1 heterocycles. The summed E-state index contributed by atoms with van der Waals surface area (Å²) in [7, 11) is 0. The Morgan fingerprint density at radius 2 is 2.22 bits per heavy atom. The highest BCUT2D eigenvalue weighted by Gasteiger charge is 2.10. The molecule has 0 radical (unpaired) electrons. The minimum Gasteiger partial charge on any atom is -0.395 e. The quantitative estimate of drug-likeness (QED) is 0.737. The van der Waals surface area contributed by atoms with Crippen LogP contribution in [0.15, 0.2) is 18.3 Å². The van der Waals surface area contributed by atoms with Gasteiger partial charge in [-0.15, -0.1) is 0 Å². The van der Waals surface area contributed by atoms with E-state index in [1.54, 1.807) is 6.20 Å². The molecular formula is C14H25N3O. The van der Waals surface area contributed by atoms with Crippen LogP contribution in [0.5, 0.6) is 0 Å². The fourth-order valence-electron chi connectivity index (χ4n) is 1.88. The largest absolute Gasteiger partial charge is 0.395 e. The van der Waals surface area contributed by atoms with E-state index < -0.39 is 0 Å². The average molecular weight is 251 g/mol. The van der Waals surface area contributed by atoms with Crippen LogP contribution < -0.4 is 10.2 Å². The molecule has 0 amide bonds. The zero-order valence-electron chi connectivity index (χ0n) is 11.7. The standard InChI is InChI=1S/C14H25N3O/c1-4-17(8-9-18)14-13(6-5-7-16-14)11-15-10-12(2)3/h5-7,12,15,18H,4,8-11H2,1-3H3. The van der Waals surface area contributed by atoms with Crippen molar-refractivity contribution in [1.29, 1.82) is 0 Å². The summed E-state index contributed by atoms with van der Waals surface area (Å²) in [5.74, 6) is 1.62. The smallest absolute Gasteiger partial charge is 0.133 e. The average Bonchev–Trinajstić information content (AvgIpc) is 2.36. The molecule has 0 aliphatic rings. The Morgan fingerprint density at radius 1 is 1.44 bits per heavy atom. The van der Waals surface area contributed by atoms with Gasteiger partial charge < -0.3 is 15.3 Å². The lowest BCUT2D eigenvalue weighted by molar-refractivity contribution is 0.302. The first kappa shape index (κ1) is 14.9. The lowest BCUT2D eigenvalue weighted by atomic mass is 10.2. The van der Waals surface area contributed by atoms with Gasteiger partial charge in [-0.1, -0.05) is 19.9 Å². The molecule has 0 aromatic carbocycles. The second kappa shape index (κ2) is 8.06. The number of aromatic nitrogens is 1. The molecule has 4 heteroatoms. The van der Waals surface area contributed by atoms with E-state index in [0.29, 0.717) is 12.5 Å². The normalized spacial score (nSPS) is 10.9. The van der Waals surface area contributed by atoms with E-state index in [9.17, 15) is 0 Å². The van der Waals surface area contributed by atoms with Gasteiger partial charge in [0.1, 0.15) is 5.82 Å². The van der Waals surface area contributed by atoms with Crippen LogP contribution in [-0.4, -0.2) is 36.3 Å². The lowest BCUT2D eigenvalue weighted by Crippen LogP contribution is -2.29. The van der Waals surface area contributed by atoms with Crippen molar-refractivity contribution in [3.8, 4) is 0 Å². The van der Waals surface area contributed by atoms with E-state index >= 15 is 0 Å². The van der Waals surface area contributed by atoms with Gasteiger partial charge in [-0.05, 0) is 25.5 Å². The first-order chi connectivity index (χ1) is 8.69. The highest BCUT2D eigenvalue weighted by atomic mass is 16.3. The number of nitrogens with zero attached hydrogens (tertiary/aromatic N) is 2. The summed E-state index contributed by atoms with van der Waals surface area (Å²) in [6, 6.07) is 4.05. The Labute approximate surface area is 110 Å². The maximum Gasteiger partial charge on any atom is 0.133 e. The number of rotatable bonds is 8. The summed E-state index contributed by atoms with van der Waals surface area (Å²) in [4.78, 5) is 6.54. The van der Waals surface area contributed by atoms with Crippen LogP contribution in [0.1, 0.15) is 26.3 Å². The van der Waals surface area contributed by atoms with Gasteiger partial charge in [0.2, 0.25) is 0 Å². The van der Waals surface area contributed by atoms with Crippen molar-refractivity contribution >= 4 is 5.82 Å². The number of nitrogens with one attached hydrogen (secondary N) is 1. The first-order valence-electron chi connectivity index (χ1n) is 6.69. The molecule has 1 aromatic rings. The van der Waals surface area contributed by atoms with Gasteiger partial charge in [-0.2, -0.15) is 0 Å². The Balaban J connectivity index is 2.71. The Morgan fingerprint density at radius 3 is 2.83 bits per heavy atom. The fourth-order valence-corrected chi connectivity index (χ4v) is 1.88. The molecule has 0 spiro atoms. The Hall–Kier alpha value is -1.13. The van der Waals surface area contributed by atoms with Crippen molar-refractivity contribution in [3.63, 3.8) is 0 Å². The molecular weight excluding hydrogens is 226 g/mol. The van der Waals surface area contributed by atoms with Gasteiger partial charge in [0, 0.05) is 31.4 Å². The topological polar surface area (TPSA) is 48.4 Å². The number of anilines is 1. The number of hydrogen-bond acceptors (Lipinski definition) is 4.